The Balaban J connectivity index is 2.42. The first kappa shape index (κ1) is 13.6. The second-order valence-electron chi connectivity index (χ2n) is 3.84. The molecule has 2 aromatic rings. The number of alkyl halides is 1. The van der Waals surface area contributed by atoms with Gasteiger partial charge in [-0.05, 0) is 18.2 Å². The maximum Gasteiger partial charge on any atom is 0.211 e. The summed E-state index contributed by atoms with van der Waals surface area (Å²) in [5, 5.41) is 0. The van der Waals surface area contributed by atoms with Gasteiger partial charge in [0.15, 0.2) is 11.5 Å². The fourth-order valence-electron chi connectivity index (χ4n) is 1.74. The van der Waals surface area contributed by atoms with Crippen molar-refractivity contribution in [1.82, 2.24) is 0 Å². The number of para-hydroxylation sites is 2. The van der Waals surface area contributed by atoms with Crippen LogP contribution in [0.1, 0.15) is 5.56 Å². The van der Waals surface area contributed by atoms with E-state index in [2.05, 4.69) is 0 Å². The molecule has 0 aliphatic heterocycles. The van der Waals surface area contributed by atoms with Crippen LogP contribution < -0.4 is 14.2 Å². The molecular weight excluding hydrogens is 264 g/mol. The lowest BCUT2D eigenvalue weighted by Crippen LogP contribution is -1.96. The average Bonchev–Trinajstić information content (AvgIpc) is 2.48. The third kappa shape index (κ3) is 2.93. The normalized spacial score (nSPS) is 10.1. The molecule has 0 unspecified atom stereocenters. The lowest BCUT2D eigenvalue weighted by molar-refractivity contribution is 0.345. The molecule has 19 heavy (non-hydrogen) atoms. The Morgan fingerprint density at radius 1 is 0.842 bits per heavy atom. The highest BCUT2D eigenvalue weighted by molar-refractivity contribution is 6.17. The molecule has 0 amide bonds. The van der Waals surface area contributed by atoms with E-state index >= 15 is 0 Å². The van der Waals surface area contributed by atoms with Crippen LogP contribution in [0, 0.1) is 0 Å². The molecule has 0 aromatic heterocycles. The van der Waals surface area contributed by atoms with Crippen LogP contribution in [0.4, 0.5) is 0 Å². The zero-order valence-corrected chi connectivity index (χ0v) is 11.6. The molecule has 0 N–H and O–H groups in total. The first-order valence-corrected chi connectivity index (χ1v) is 6.36. The highest BCUT2D eigenvalue weighted by atomic mass is 35.5. The summed E-state index contributed by atoms with van der Waals surface area (Å²) in [5.41, 5.74) is 0.914. The number of hydrogen-bond donors (Lipinski definition) is 0. The fourth-order valence-corrected chi connectivity index (χ4v) is 1.96. The quantitative estimate of drug-likeness (QED) is 0.766. The second kappa shape index (κ2) is 6.34. The molecule has 0 aliphatic carbocycles. The predicted molar refractivity (Wildman–Crippen MR) is 75.6 cm³/mol. The van der Waals surface area contributed by atoms with E-state index in [-0.39, 0.29) is 0 Å². The van der Waals surface area contributed by atoms with E-state index in [0.29, 0.717) is 28.9 Å². The van der Waals surface area contributed by atoms with E-state index in [4.69, 9.17) is 25.8 Å². The van der Waals surface area contributed by atoms with Crippen molar-refractivity contribution in [3.63, 3.8) is 0 Å². The van der Waals surface area contributed by atoms with E-state index in [1.807, 2.05) is 42.5 Å². The van der Waals surface area contributed by atoms with E-state index in [1.54, 1.807) is 14.2 Å². The maximum atomic E-state index is 5.91. The van der Waals surface area contributed by atoms with Gasteiger partial charge in [0.1, 0.15) is 5.75 Å². The van der Waals surface area contributed by atoms with Gasteiger partial charge in [0.25, 0.3) is 0 Å². The summed E-state index contributed by atoms with van der Waals surface area (Å²) in [6.45, 7) is 0. The number of benzene rings is 2. The lowest BCUT2D eigenvalue weighted by Gasteiger charge is -2.15. The van der Waals surface area contributed by atoms with E-state index in [1.165, 1.54) is 0 Å². The third-order valence-electron chi connectivity index (χ3n) is 2.71. The molecule has 4 heteroatoms. The number of ether oxygens (including phenoxy) is 3. The van der Waals surface area contributed by atoms with Gasteiger partial charge in [0.2, 0.25) is 5.75 Å². The Bertz CT molecular complexity index is 533. The van der Waals surface area contributed by atoms with E-state index in [0.717, 1.165) is 5.56 Å². The van der Waals surface area contributed by atoms with Crippen molar-refractivity contribution in [2.75, 3.05) is 14.2 Å². The minimum atomic E-state index is 0.383. The van der Waals surface area contributed by atoms with Crippen molar-refractivity contribution < 1.29 is 14.2 Å². The molecule has 0 aliphatic rings. The van der Waals surface area contributed by atoms with Crippen LogP contribution in [0.15, 0.2) is 42.5 Å². The van der Waals surface area contributed by atoms with Crippen molar-refractivity contribution in [2.45, 2.75) is 5.88 Å². The van der Waals surface area contributed by atoms with Crippen LogP contribution in [-0.2, 0) is 5.88 Å². The van der Waals surface area contributed by atoms with E-state index < -0.39 is 0 Å². The molecule has 2 aromatic carbocycles. The maximum absolute atomic E-state index is 5.91. The molecule has 0 fully saturated rings. The first-order valence-electron chi connectivity index (χ1n) is 5.83. The summed E-state index contributed by atoms with van der Waals surface area (Å²) in [4.78, 5) is 0. The van der Waals surface area contributed by atoms with Gasteiger partial charge in [-0.25, -0.2) is 0 Å². The van der Waals surface area contributed by atoms with Gasteiger partial charge in [-0.3, -0.25) is 0 Å². The largest absolute Gasteiger partial charge is 0.493 e. The summed E-state index contributed by atoms with van der Waals surface area (Å²) in [6, 6.07) is 13.1. The SMILES string of the molecule is COc1cccc(OC)c1Oc1ccccc1CCl. The number of rotatable bonds is 5. The van der Waals surface area contributed by atoms with Crippen LogP contribution in [0.2, 0.25) is 0 Å². The average molecular weight is 279 g/mol. The zero-order chi connectivity index (χ0) is 13.7. The van der Waals surface area contributed by atoms with Crippen LogP contribution in [0.3, 0.4) is 0 Å². The van der Waals surface area contributed by atoms with Gasteiger partial charge in [-0.2, -0.15) is 0 Å². The summed E-state index contributed by atoms with van der Waals surface area (Å²) in [5.74, 6) is 2.85. The van der Waals surface area contributed by atoms with Crippen LogP contribution in [0.5, 0.6) is 23.0 Å². The highest BCUT2D eigenvalue weighted by Crippen LogP contribution is 2.40. The molecule has 0 heterocycles. The number of hydrogen-bond acceptors (Lipinski definition) is 3. The van der Waals surface area contributed by atoms with Crippen molar-refractivity contribution in [1.29, 1.82) is 0 Å². The van der Waals surface area contributed by atoms with Gasteiger partial charge in [0, 0.05) is 5.56 Å². The second-order valence-corrected chi connectivity index (χ2v) is 4.10. The van der Waals surface area contributed by atoms with Crippen molar-refractivity contribution in [3.8, 4) is 23.0 Å². The Morgan fingerprint density at radius 2 is 1.42 bits per heavy atom. The Labute approximate surface area is 117 Å². The molecule has 100 valence electrons. The fraction of sp³-hybridized carbons (Fsp3) is 0.200. The first-order chi connectivity index (χ1) is 9.30. The van der Waals surface area contributed by atoms with Gasteiger partial charge in [-0.15, -0.1) is 11.6 Å². The van der Waals surface area contributed by atoms with Gasteiger partial charge >= 0.3 is 0 Å². The van der Waals surface area contributed by atoms with Crippen LogP contribution >= 0.6 is 11.6 Å². The molecule has 0 bridgehead atoms. The lowest BCUT2D eigenvalue weighted by atomic mass is 10.2. The van der Waals surface area contributed by atoms with Crippen molar-refractivity contribution in [2.24, 2.45) is 0 Å². The minimum Gasteiger partial charge on any atom is -0.493 e. The smallest absolute Gasteiger partial charge is 0.211 e. The Hall–Kier alpha value is -1.87. The summed E-state index contributed by atoms with van der Waals surface area (Å²) in [6.07, 6.45) is 0. The summed E-state index contributed by atoms with van der Waals surface area (Å²) in [7, 11) is 3.18. The Kier molecular flexibility index (Phi) is 4.53. The molecule has 3 nitrogen and oxygen atoms in total. The van der Waals surface area contributed by atoms with Crippen molar-refractivity contribution >= 4 is 11.6 Å². The molecule has 2 rings (SSSR count). The van der Waals surface area contributed by atoms with Crippen molar-refractivity contribution in [3.05, 3.63) is 48.0 Å². The molecule has 0 saturated carbocycles. The minimum absolute atomic E-state index is 0.383. The number of methoxy groups -OCH3 is 2. The molecule has 0 spiro atoms. The van der Waals surface area contributed by atoms with E-state index in [9.17, 15) is 0 Å². The number of halogens is 1. The molecular formula is C15H15ClO3. The van der Waals surface area contributed by atoms with Crippen LogP contribution in [-0.4, -0.2) is 14.2 Å². The standard InChI is InChI=1S/C15H15ClO3/c1-17-13-8-5-9-14(18-2)15(13)19-12-7-4-3-6-11(12)10-16/h3-9H,10H2,1-2H3. The Morgan fingerprint density at radius 3 is 2.00 bits per heavy atom. The molecule has 0 radical (unpaired) electrons. The van der Waals surface area contributed by atoms with Gasteiger partial charge in [0.05, 0.1) is 20.1 Å². The van der Waals surface area contributed by atoms with Gasteiger partial charge < -0.3 is 14.2 Å². The molecule has 0 saturated heterocycles. The monoisotopic (exact) mass is 278 g/mol. The zero-order valence-electron chi connectivity index (χ0n) is 10.9. The van der Waals surface area contributed by atoms with Crippen LogP contribution in [0.25, 0.3) is 0 Å². The topological polar surface area (TPSA) is 27.7 Å². The summed E-state index contributed by atoms with van der Waals surface area (Å²) >= 11 is 5.90. The predicted octanol–water partition coefficient (Wildman–Crippen LogP) is 4.23. The molecule has 0 atom stereocenters. The third-order valence-corrected chi connectivity index (χ3v) is 3.00. The summed E-state index contributed by atoms with van der Waals surface area (Å²) < 4.78 is 16.5. The van der Waals surface area contributed by atoms with Gasteiger partial charge in [-0.1, -0.05) is 24.3 Å². The highest BCUT2D eigenvalue weighted by Gasteiger charge is 2.13.